The molecule has 0 spiro atoms. The summed E-state index contributed by atoms with van der Waals surface area (Å²) in [5, 5.41) is 1.46. The van der Waals surface area contributed by atoms with Crippen LogP contribution in [0, 0.1) is 5.92 Å². The second kappa shape index (κ2) is 7.78. The van der Waals surface area contributed by atoms with Gasteiger partial charge in [-0.25, -0.2) is 0 Å². The van der Waals surface area contributed by atoms with Gasteiger partial charge in [-0.15, -0.1) is 0 Å². The van der Waals surface area contributed by atoms with Crippen molar-refractivity contribution in [3.05, 3.63) is 0 Å². The van der Waals surface area contributed by atoms with E-state index in [1.807, 2.05) is 6.92 Å². The highest BCUT2D eigenvalue weighted by Crippen LogP contribution is 2.27. The minimum absolute atomic E-state index is 0.00995. The molecule has 2 aliphatic rings. The van der Waals surface area contributed by atoms with Crippen LogP contribution in [0.4, 0.5) is 0 Å². The SMILES string of the molecule is CC[C@H](O[C@@H]1CCC[C@H](C)C1)C(=O)NN1CCCCC1=O. The first-order valence-electron chi connectivity index (χ1n) is 8.36. The number of nitrogens with one attached hydrogen (secondary N) is 1. The molecular formula is C16H28N2O3. The van der Waals surface area contributed by atoms with Crippen LogP contribution >= 0.6 is 0 Å². The first-order chi connectivity index (χ1) is 10.1. The van der Waals surface area contributed by atoms with E-state index in [9.17, 15) is 9.59 Å². The topological polar surface area (TPSA) is 58.6 Å². The lowest BCUT2D eigenvalue weighted by atomic mass is 9.88. The molecule has 2 rings (SSSR count). The van der Waals surface area contributed by atoms with Gasteiger partial charge in [-0.2, -0.15) is 0 Å². The Kier molecular flexibility index (Phi) is 6.03. The Hall–Kier alpha value is -1.10. The summed E-state index contributed by atoms with van der Waals surface area (Å²) >= 11 is 0. The standard InChI is InChI=1S/C16H28N2O3/c1-3-14(21-13-8-6-7-12(2)11-13)16(20)17-18-10-5-4-9-15(18)19/h12-14H,3-11H2,1-2H3,(H,17,20)/t12-,13+,14-/m0/s1. The number of carbonyl (C=O) groups excluding carboxylic acids is 2. The summed E-state index contributed by atoms with van der Waals surface area (Å²) in [6.07, 6.45) is 7.26. The van der Waals surface area contributed by atoms with Gasteiger partial charge in [0, 0.05) is 13.0 Å². The molecule has 2 fully saturated rings. The lowest BCUT2D eigenvalue weighted by molar-refractivity contribution is -0.152. The van der Waals surface area contributed by atoms with Gasteiger partial charge in [-0.3, -0.25) is 20.0 Å². The summed E-state index contributed by atoms with van der Waals surface area (Å²) in [7, 11) is 0. The van der Waals surface area contributed by atoms with Crippen molar-refractivity contribution < 1.29 is 14.3 Å². The molecule has 3 atom stereocenters. The molecule has 21 heavy (non-hydrogen) atoms. The highest BCUT2D eigenvalue weighted by atomic mass is 16.5. The molecule has 120 valence electrons. The number of hydrazine groups is 1. The number of carbonyl (C=O) groups is 2. The molecule has 0 aromatic carbocycles. The van der Waals surface area contributed by atoms with Crippen LogP contribution in [-0.2, 0) is 14.3 Å². The number of rotatable bonds is 5. The van der Waals surface area contributed by atoms with Crippen LogP contribution in [0.3, 0.4) is 0 Å². The van der Waals surface area contributed by atoms with Crippen molar-refractivity contribution in [2.75, 3.05) is 6.54 Å². The van der Waals surface area contributed by atoms with Crippen LogP contribution in [0.1, 0.15) is 65.2 Å². The molecule has 1 aliphatic carbocycles. The van der Waals surface area contributed by atoms with E-state index in [0.717, 1.165) is 25.7 Å². The molecule has 2 amide bonds. The minimum atomic E-state index is -0.449. The fourth-order valence-corrected chi connectivity index (χ4v) is 3.21. The van der Waals surface area contributed by atoms with Gasteiger partial charge >= 0.3 is 0 Å². The van der Waals surface area contributed by atoms with Gasteiger partial charge in [-0.05, 0) is 38.0 Å². The van der Waals surface area contributed by atoms with E-state index in [-0.39, 0.29) is 17.9 Å². The molecule has 0 radical (unpaired) electrons. The molecule has 5 heteroatoms. The predicted molar refractivity (Wildman–Crippen MR) is 80.3 cm³/mol. The summed E-state index contributed by atoms with van der Waals surface area (Å²) in [5.74, 6) is 0.509. The zero-order valence-corrected chi connectivity index (χ0v) is 13.3. The molecule has 1 heterocycles. The quantitative estimate of drug-likeness (QED) is 0.847. The average Bonchev–Trinajstić information content (AvgIpc) is 2.47. The molecule has 0 aromatic rings. The predicted octanol–water partition coefficient (Wildman–Crippen LogP) is 2.40. The maximum Gasteiger partial charge on any atom is 0.267 e. The molecule has 5 nitrogen and oxygen atoms in total. The minimum Gasteiger partial charge on any atom is -0.365 e. The average molecular weight is 296 g/mol. The molecule has 1 saturated heterocycles. The van der Waals surface area contributed by atoms with Crippen LogP contribution < -0.4 is 5.43 Å². The van der Waals surface area contributed by atoms with Crippen molar-refractivity contribution in [1.29, 1.82) is 0 Å². The first-order valence-corrected chi connectivity index (χ1v) is 8.36. The molecule has 1 N–H and O–H groups in total. The Labute approximate surface area is 127 Å². The van der Waals surface area contributed by atoms with E-state index in [1.165, 1.54) is 17.9 Å². The van der Waals surface area contributed by atoms with Gasteiger partial charge in [0.25, 0.3) is 5.91 Å². The second-order valence-electron chi connectivity index (χ2n) is 6.41. The fraction of sp³-hybridized carbons (Fsp3) is 0.875. The molecule has 0 unspecified atom stereocenters. The normalized spacial score (nSPS) is 28.3. The lowest BCUT2D eigenvalue weighted by Crippen LogP contribution is -2.52. The molecule has 1 saturated carbocycles. The van der Waals surface area contributed by atoms with Gasteiger partial charge in [-0.1, -0.05) is 26.7 Å². The number of nitrogens with zero attached hydrogens (tertiary/aromatic N) is 1. The van der Waals surface area contributed by atoms with Gasteiger partial charge in [0.15, 0.2) is 0 Å². The van der Waals surface area contributed by atoms with Crippen LogP contribution in [0.5, 0.6) is 0 Å². The van der Waals surface area contributed by atoms with Crippen molar-refractivity contribution in [1.82, 2.24) is 10.4 Å². The fourth-order valence-electron chi connectivity index (χ4n) is 3.21. The van der Waals surface area contributed by atoms with Crippen molar-refractivity contribution in [3.63, 3.8) is 0 Å². The van der Waals surface area contributed by atoms with Crippen molar-refractivity contribution in [3.8, 4) is 0 Å². The van der Waals surface area contributed by atoms with Crippen molar-refractivity contribution in [2.45, 2.75) is 77.4 Å². The maximum absolute atomic E-state index is 12.3. The summed E-state index contributed by atoms with van der Waals surface area (Å²) in [6.45, 7) is 4.80. The Morgan fingerprint density at radius 3 is 2.86 bits per heavy atom. The van der Waals surface area contributed by atoms with Gasteiger partial charge in [0.1, 0.15) is 6.10 Å². The van der Waals surface area contributed by atoms with Crippen LogP contribution in [0.25, 0.3) is 0 Å². The third-order valence-corrected chi connectivity index (χ3v) is 4.48. The second-order valence-corrected chi connectivity index (χ2v) is 6.41. The Morgan fingerprint density at radius 1 is 1.38 bits per heavy atom. The van der Waals surface area contributed by atoms with E-state index in [0.29, 0.717) is 25.3 Å². The number of hydrogen-bond acceptors (Lipinski definition) is 3. The number of ether oxygens (including phenoxy) is 1. The summed E-state index contributed by atoms with van der Waals surface area (Å²) in [5.41, 5.74) is 2.74. The zero-order valence-electron chi connectivity index (χ0n) is 13.3. The third kappa shape index (κ3) is 4.70. The molecule has 0 aromatic heterocycles. The zero-order chi connectivity index (χ0) is 15.2. The summed E-state index contributed by atoms with van der Waals surface area (Å²) in [4.78, 5) is 24.1. The van der Waals surface area contributed by atoms with Crippen LogP contribution in [0.15, 0.2) is 0 Å². The monoisotopic (exact) mass is 296 g/mol. The smallest absolute Gasteiger partial charge is 0.267 e. The highest BCUT2D eigenvalue weighted by Gasteiger charge is 2.28. The molecular weight excluding hydrogens is 268 g/mol. The molecule has 0 bridgehead atoms. The maximum atomic E-state index is 12.3. The Bertz CT molecular complexity index is 373. The Balaban J connectivity index is 1.84. The number of hydrogen-bond donors (Lipinski definition) is 1. The van der Waals surface area contributed by atoms with Gasteiger partial charge in [0.05, 0.1) is 6.10 Å². The largest absolute Gasteiger partial charge is 0.365 e. The van der Waals surface area contributed by atoms with E-state index < -0.39 is 6.10 Å². The van der Waals surface area contributed by atoms with Gasteiger partial charge in [0.2, 0.25) is 5.91 Å². The van der Waals surface area contributed by atoms with Crippen molar-refractivity contribution in [2.24, 2.45) is 5.92 Å². The molecule has 1 aliphatic heterocycles. The lowest BCUT2D eigenvalue weighted by Gasteiger charge is -2.32. The first kappa shape index (κ1) is 16.3. The van der Waals surface area contributed by atoms with Gasteiger partial charge < -0.3 is 4.74 Å². The van der Waals surface area contributed by atoms with E-state index in [1.54, 1.807) is 0 Å². The van der Waals surface area contributed by atoms with Crippen molar-refractivity contribution >= 4 is 11.8 Å². The third-order valence-electron chi connectivity index (χ3n) is 4.48. The van der Waals surface area contributed by atoms with Crippen LogP contribution in [-0.4, -0.2) is 35.6 Å². The van der Waals surface area contributed by atoms with E-state index >= 15 is 0 Å². The summed E-state index contributed by atoms with van der Waals surface area (Å²) < 4.78 is 6.00. The van der Waals surface area contributed by atoms with Crippen LogP contribution in [0.2, 0.25) is 0 Å². The van der Waals surface area contributed by atoms with E-state index in [2.05, 4.69) is 12.3 Å². The summed E-state index contributed by atoms with van der Waals surface area (Å²) in [6, 6.07) is 0. The number of piperidine rings is 1. The number of amides is 2. The Morgan fingerprint density at radius 2 is 2.19 bits per heavy atom. The van der Waals surface area contributed by atoms with E-state index in [4.69, 9.17) is 4.74 Å². The highest BCUT2D eigenvalue weighted by molar-refractivity contribution is 5.85.